The van der Waals surface area contributed by atoms with E-state index >= 15 is 0 Å². The van der Waals surface area contributed by atoms with Crippen molar-refractivity contribution in [3.05, 3.63) is 29.3 Å². The van der Waals surface area contributed by atoms with Gasteiger partial charge in [0.25, 0.3) is 0 Å². The Bertz CT molecular complexity index is 644. The molecule has 1 unspecified atom stereocenters. The van der Waals surface area contributed by atoms with Crippen LogP contribution in [0.5, 0.6) is 0 Å². The van der Waals surface area contributed by atoms with Crippen LogP contribution < -0.4 is 5.73 Å². The lowest BCUT2D eigenvalue weighted by Crippen LogP contribution is -2.36. The molecule has 7 heteroatoms. The first-order valence-electron chi connectivity index (χ1n) is 6.84. The van der Waals surface area contributed by atoms with Crippen LogP contribution in [0.2, 0.25) is 0 Å². The number of sulfonamides is 1. The molecule has 1 aliphatic heterocycles. The molecule has 0 radical (unpaired) electrons. The highest BCUT2D eigenvalue weighted by Crippen LogP contribution is 2.23. The van der Waals surface area contributed by atoms with E-state index in [0.29, 0.717) is 37.2 Å². The van der Waals surface area contributed by atoms with Gasteiger partial charge in [0.15, 0.2) is 0 Å². The van der Waals surface area contributed by atoms with Crippen molar-refractivity contribution in [3.8, 4) is 0 Å². The van der Waals surface area contributed by atoms with Crippen molar-refractivity contribution in [1.82, 2.24) is 4.31 Å². The quantitative estimate of drug-likeness (QED) is 0.850. The summed E-state index contributed by atoms with van der Waals surface area (Å²) >= 11 is 4.93. The van der Waals surface area contributed by atoms with Gasteiger partial charge in [-0.15, -0.1) is 0 Å². The number of rotatable bonds is 3. The number of nitrogens with two attached hydrogens (primary N) is 1. The Morgan fingerprint density at radius 3 is 2.86 bits per heavy atom. The molecule has 0 aliphatic carbocycles. The molecular weight excluding hydrogens is 308 g/mol. The van der Waals surface area contributed by atoms with E-state index in [4.69, 9.17) is 22.7 Å². The third kappa shape index (κ3) is 3.60. The van der Waals surface area contributed by atoms with E-state index in [9.17, 15) is 8.42 Å². The predicted octanol–water partition coefficient (Wildman–Crippen LogP) is 1.43. The van der Waals surface area contributed by atoms with E-state index in [2.05, 4.69) is 0 Å². The zero-order valence-electron chi connectivity index (χ0n) is 12.2. The predicted molar refractivity (Wildman–Crippen MR) is 85.9 cm³/mol. The van der Waals surface area contributed by atoms with Gasteiger partial charge in [-0.25, -0.2) is 8.42 Å². The Morgan fingerprint density at radius 1 is 1.48 bits per heavy atom. The maximum atomic E-state index is 12.9. The number of hydrogen-bond donors (Lipinski definition) is 1. The molecule has 0 amide bonds. The van der Waals surface area contributed by atoms with E-state index < -0.39 is 10.0 Å². The average Bonchev–Trinajstić information content (AvgIpc) is 2.64. The zero-order chi connectivity index (χ0) is 15.6. The summed E-state index contributed by atoms with van der Waals surface area (Å²) in [6, 6.07) is 5.04. The van der Waals surface area contributed by atoms with Crippen LogP contribution in [0, 0.1) is 6.92 Å². The second-order valence-corrected chi connectivity index (χ2v) is 7.59. The second-order valence-electron chi connectivity index (χ2n) is 5.24. The molecule has 0 spiro atoms. The molecule has 2 rings (SSSR count). The fourth-order valence-corrected chi connectivity index (χ4v) is 4.28. The number of thiocarbonyl (C=S) groups is 1. The SMILES string of the molecule is Cc1ccc(C(N)=S)cc1S(=O)(=O)N1CCCOC(C)C1. The number of aryl methyl sites for hydroxylation is 1. The van der Waals surface area contributed by atoms with Crippen molar-refractivity contribution in [2.45, 2.75) is 31.3 Å². The second kappa shape index (κ2) is 6.39. The summed E-state index contributed by atoms with van der Waals surface area (Å²) in [6.45, 7) is 5.06. The molecule has 1 aromatic carbocycles. The number of ether oxygens (including phenoxy) is 1. The molecule has 0 aromatic heterocycles. The molecule has 1 fully saturated rings. The lowest BCUT2D eigenvalue weighted by molar-refractivity contribution is 0.0752. The highest BCUT2D eigenvalue weighted by atomic mass is 32.2. The molecule has 2 N–H and O–H groups in total. The first kappa shape index (κ1) is 16.4. The standard InChI is InChI=1S/C14H20N2O3S2/c1-10-4-5-12(14(15)20)8-13(10)21(17,18)16-6-3-7-19-11(2)9-16/h4-5,8,11H,3,6-7,9H2,1-2H3,(H2,15,20). The first-order chi connectivity index (χ1) is 9.82. The van der Waals surface area contributed by atoms with Crippen LogP contribution in [0.4, 0.5) is 0 Å². The van der Waals surface area contributed by atoms with Crippen LogP contribution in [0.1, 0.15) is 24.5 Å². The van der Waals surface area contributed by atoms with Crippen molar-refractivity contribution < 1.29 is 13.2 Å². The van der Waals surface area contributed by atoms with Crippen molar-refractivity contribution in [3.63, 3.8) is 0 Å². The smallest absolute Gasteiger partial charge is 0.243 e. The summed E-state index contributed by atoms with van der Waals surface area (Å²) in [7, 11) is -3.57. The summed E-state index contributed by atoms with van der Waals surface area (Å²) < 4.78 is 32.7. The number of benzene rings is 1. The van der Waals surface area contributed by atoms with Crippen molar-refractivity contribution in [2.24, 2.45) is 5.73 Å². The normalized spacial score (nSPS) is 21.0. The fourth-order valence-electron chi connectivity index (χ4n) is 2.34. The third-order valence-corrected chi connectivity index (χ3v) is 5.75. The van der Waals surface area contributed by atoms with E-state index in [1.54, 1.807) is 25.1 Å². The summed E-state index contributed by atoms with van der Waals surface area (Å²) in [6.07, 6.45) is 0.582. The molecule has 1 saturated heterocycles. The maximum absolute atomic E-state index is 12.9. The topological polar surface area (TPSA) is 72.6 Å². The molecule has 5 nitrogen and oxygen atoms in total. The van der Waals surface area contributed by atoms with Crippen molar-refractivity contribution in [2.75, 3.05) is 19.7 Å². The summed E-state index contributed by atoms with van der Waals surface area (Å²) in [5.41, 5.74) is 6.86. The van der Waals surface area contributed by atoms with Gasteiger partial charge < -0.3 is 10.5 Å². The van der Waals surface area contributed by atoms with E-state index in [0.717, 1.165) is 0 Å². The minimum absolute atomic E-state index is 0.110. The fraction of sp³-hybridized carbons (Fsp3) is 0.500. The molecule has 1 atom stereocenters. The molecule has 116 valence electrons. The van der Waals surface area contributed by atoms with Crippen LogP contribution in [0.25, 0.3) is 0 Å². The summed E-state index contributed by atoms with van der Waals surface area (Å²) in [4.78, 5) is 0.459. The van der Waals surface area contributed by atoms with Gasteiger partial charge in [-0.05, 0) is 31.9 Å². The van der Waals surface area contributed by atoms with Crippen LogP contribution in [0.3, 0.4) is 0 Å². The van der Waals surface area contributed by atoms with Gasteiger partial charge in [0.1, 0.15) is 4.99 Å². The Hall–Kier alpha value is -1.02. The molecule has 1 aliphatic rings. The van der Waals surface area contributed by atoms with Gasteiger partial charge in [0.2, 0.25) is 10.0 Å². The lowest BCUT2D eigenvalue weighted by Gasteiger charge is -2.23. The van der Waals surface area contributed by atoms with Crippen LogP contribution in [-0.2, 0) is 14.8 Å². The highest BCUT2D eigenvalue weighted by molar-refractivity contribution is 7.89. The van der Waals surface area contributed by atoms with Crippen molar-refractivity contribution >= 4 is 27.2 Å². The van der Waals surface area contributed by atoms with Gasteiger partial charge in [0, 0.05) is 25.3 Å². The summed E-state index contributed by atoms with van der Waals surface area (Å²) in [5, 5.41) is 0. The first-order valence-corrected chi connectivity index (χ1v) is 8.69. The maximum Gasteiger partial charge on any atom is 0.243 e. The zero-order valence-corrected chi connectivity index (χ0v) is 13.8. The third-order valence-electron chi connectivity index (χ3n) is 3.51. The van der Waals surface area contributed by atoms with Crippen LogP contribution in [0.15, 0.2) is 23.1 Å². The van der Waals surface area contributed by atoms with Crippen LogP contribution in [-0.4, -0.2) is 43.5 Å². The molecule has 1 heterocycles. The van der Waals surface area contributed by atoms with Gasteiger partial charge in [-0.1, -0.05) is 24.4 Å². The summed E-state index contributed by atoms with van der Waals surface area (Å²) in [5.74, 6) is 0. The van der Waals surface area contributed by atoms with Gasteiger partial charge in [-0.2, -0.15) is 4.31 Å². The largest absolute Gasteiger partial charge is 0.389 e. The van der Waals surface area contributed by atoms with E-state index in [1.165, 1.54) is 4.31 Å². The number of hydrogen-bond acceptors (Lipinski definition) is 4. The Kier molecular flexibility index (Phi) is 4.98. The van der Waals surface area contributed by atoms with Gasteiger partial charge >= 0.3 is 0 Å². The number of nitrogens with zero attached hydrogens (tertiary/aromatic N) is 1. The average molecular weight is 328 g/mol. The highest BCUT2D eigenvalue weighted by Gasteiger charge is 2.29. The van der Waals surface area contributed by atoms with Gasteiger partial charge in [0.05, 0.1) is 11.0 Å². The molecule has 1 aromatic rings. The van der Waals surface area contributed by atoms with E-state index in [-0.39, 0.29) is 16.0 Å². The molecular formula is C14H20N2O3S2. The molecule has 0 saturated carbocycles. The molecule has 0 bridgehead atoms. The monoisotopic (exact) mass is 328 g/mol. The van der Waals surface area contributed by atoms with Gasteiger partial charge in [-0.3, -0.25) is 0 Å². The van der Waals surface area contributed by atoms with Crippen molar-refractivity contribution in [1.29, 1.82) is 0 Å². The minimum atomic E-state index is -3.57. The van der Waals surface area contributed by atoms with Crippen LogP contribution >= 0.6 is 12.2 Å². The Morgan fingerprint density at radius 2 is 2.19 bits per heavy atom. The Balaban J connectivity index is 2.43. The molecule has 21 heavy (non-hydrogen) atoms. The van der Waals surface area contributed by atoms with E-state index in [1.807, 2.05) is 6.92 Å². The minimum Gasteiger partial charge on any atom is -0.389 e. The lowest BCUT2D eigenvalue weighted by atomic mass is 10.1. The Labute approximate surface area is 131 Å².